The van der Waals surface area contributed by atoms with Gasteiger partial charge in [0.2, 0.25) is 5.88 Å². The van der Waals surface area contributed by atoms with Gasteiger partial charge in [0.1, 0.15) is 11.9 Å². The van der Waals surface area contributed by atoms with Crippen molar-refractivity contribution in [1.82, 2.24) is 15.2 Å². The molecule has 0 atom stereocenters. The molecule has 0 bridgehead atoms. The number of aromatic nitrogens is 3. The second kappa shape index (κ2) is 10.6. The number of ether oxygens (including phenoxy) is 2. The molecule has 36 heavy (non-hydrogen) atoms. The van der Waals surface area contributed by atoms with E-state index in [1.165, 1.54) is 7.11 Å². The number of carbonyl (C=O) groups is 2. The van der Waals surface area contributed by atoms with Crippen LogP contribution in [0.3, 0.4) is 0 Å². The summed E-state index contributed by atoms with van der Waals surface area (Å²) in [6.45, 7) is 0. The van der Waals surface area contributed by atoms with Gasteiger partial charge < -0.3 is 24.5 Å². The molecule has 2 N–H and O–H groups in total. The summed E-state index contributed by atoms with van der Waals surface area (Å²) in [7, 11) is 1.34. The van der Waals surface area contributed by atoms with Crippen molar-refractivity contribution in [3.05, 3.63) is 53.6 Å². The predicted molar refractivity (Wildman–Crippen MR) is 114 cm³/mol. The summed E-state index contributed by atoms with van der Waals surface area (Å²) < 4.78 is 70.1. The molecular weight excluding hydrogens is 490 g/mol. The Kier molecular flexibility index (Phi) is 7.31. The highest BCUT2D eigenvalue weighted by atomic mass is 19.2. The van der Waals surface area contributed by atoms with Crippen molar-refractivity contribution in [3.63, 3.8) is 0 Å². The molecule has 14 heteroatoms. The number of hydrogen-bond acceptors (Lipinski definition) is 9. The Labute approximate surface area is 201 Å². The van der Waals surface area contributed by atoms with Crippen molar-refractivity contribution in [2.75, 3.05) is 17.7 Å². The average Bonchev–Trinajstić information content (AvgIpc) is 3.33. The summed E-state index contributed by atoms with van der Waals surface area (Å²) in [6, 6.07) is 1.35. The highest BCUT2D eigenvalue weighted by Gasteiger charge is 2.28. The molecule has 1 saturated carbocycles. The zero-order valence-electron chi connectivity index (χ0n) is 18.7. The lowest BCUT2D eigenvalue weighted by Gasteiger charge is -2.27. The van der Waals surface area contributed by atoms with E-state index in [0.29, 0.717) is 37.8 Å². The van der Waals surface area contributed by atoms with Crippen molar-refractivity contribution in [2.45, 2.75) is 31.8 Å². The molecule has 0 saturated heterocycles. The van der Waals surface area contributed by atoms with E-state index in [1.807, 2.05) is 0 Å². The lowest BCUT2D eigenvalue weighted by molar-refractivity contribution is -0.147. The Morgan fingerprint density at radius 3 is 2.33 bits per heavy atom. The van der Waals surface area contributed by atoms with Crippen LogP contribution in [-0.4, -0.2) is 40.3 Å². The number of amides is 1. The molecule has 1 aromatic carbocycles. The first-order valence-corrected chi connectivity index (χ1v) is 10.7. The van der Waals surface area contributed by atoms with Gasteiger partial charge in [0.25, 0.3) is 0 Å². The number of benzene rings is 1. The predicted octanol–water partition coefficient (Wildman–Crippen LogP) is 4.13. The lowest BCUT2D eigenvalue weighted by atomic mass is 9.87. The molecule has 1 aliphatic rings. The van der Waals surface area contributed by atoms with Crippen LogP contribution in [0.1, 0.15) is 36.4 Å². The van der Waals surface area contributed by atoms with Crippen molar-refractivity contribution in [2.24, 2.45) is 5.92 Å². The minimum absolute atomic E-state index is 0.00449. The molecule has 2 aromatic heterocycles. The Hall–Kier alpha value is -4.23. The van der Waals surface area contributed by atoms with Crippen LogP contribution in [0.15, 0.2) is 28.8 Å². The van der Waals surface area contributed by atoms with Crippen LogP contribution in [0.5, 0.6) is 5.88 Å². The first-order valence-electron chi connectivity index (χ1n) is 10.7. The highest BCUT2D eigenvalue weighted by Crippen LogP contribution is 2.29. The number of anilines is 3. The van der Waals surface area contributed by atoms with E-state index in [2.05, 4.69) is 25.8 Å². The smallest absolute Gasteiger partial charge is 0.320 e. The quantitative estimate of drug-likeness (QED) is 0.274. The lowest BCUT2D eigenvalue weighted by Crippen LogP contribution is -2.28. The van der Waals surface area contributed by atoms with Crippen LogP contribution in [0.2, 0.25) is 0 Å². The van der Waals surface area contributed by atoms with E-state index in [0.717, 1.165) is 12.3 Å². The van der Waals surface area contributed by atoms with Crippen LogP contribution in [0.25, 0.3) is 0 Å². The summed E-state index contributed by atoms with van der Waals surface area (Å²) >= 11 is 0. The van der Waals surface area contributed by atoms with Gasteiger partial charge in [0.05, 0.1) is 30.6 Å². The second-order valence-corrected chi connectivity index (χ2v) is 7.85. The number of halogens is 4. The maximum Gasteiger partial charge on any atom is 0.320 e. The number of nitrogens with zero attached hydrogens (tertiary/aromatic N) is 3. The number of nitrogens with one attached hydrogen (secondary N) is 2. The number of hydrogen-bond donors (Lipinski definition) is 2. The zero-order valence-corrected chi connectivity index (χ0v) is 18.7. The molecule has 3 aromatic rings. The van der Waals surface area contributed by atoms with Gasteiger partial charge in [-0.3, -0.25) is 9.59 Å². The number of rotatable bonds is 7. The first-order chi connectivity index (χ1) is 17.2. The molecule has 0 unspecified atom stereocenters. The highest BCUT2D eigenvalue weighted by molar-refractivity contribution is 6.00. The van der Waals surface area contributed by atoms with Crippen LogP contribution in [-0.2, 0) is 9.53 Å². The molecule has 10 nitrogen and oxygen atoms in total. The fraction of sp³-hybridized carbons (Fsp3) is 0.318. The summed E-state index contributed by atoms with van der Waals surface area (Å²) in [5.74, 6) is -6.76. The fourth-order valence-corrected chi connectivity index (χ4v) is 3.60. The summed E-state index contributed by atoms with van der Waals surface area (Å²) in [6.07, 6.45) is 3.10. The monoisotopic (exact) mass is 509 g/mol. The SMILES string of the molecule is COC(=O)[C@H]1CC[C@H](Oc2cc(F)c(NC(=O)c3nnc(Nc4cc(F)c(F)cc4F)o3)cn2)CC1. The van der Waals surface area contributed by atoms with Crippen molar-refractivity contribution in [3.8, 4) is 5.88 Å². The number of carbonyl (C=O) groups excluding carboxylic acids is 2. The Balaban J connectivity index is 1.34. The third-order valence-corrected chi connectivity index (χ3v) is 5.44. The summed E-state index contributed by atoms with van der Waals surface area (Å²) in [5.41, 5.74) is -0.810. The number of methoxy groups -OCH3 is 1. The maximum atomic E-state index is 14.5. The largest absolute Gasteiger partial charge is 0.474 e. The van der Waals surface area contributed by atoms with E-state index >= 15 is 0 Å². The molecule has 1 aliphatic carbocycles. The van der Waals surface area contributed by atoms with Gasteiger partial charge in [-0.1, -0.05) is 5.10 Å². The molecule has 1 fully saturated rings. The molecule has 4 rings (SSSR count). The minimum Gasteiger partial charge on any atom is -0.474 e. The van der Waals surface area contributed by atoms with Crippen LogP contribution >= 0.6 is 0 Å². The van der Waals surface area contributed by atoms with Crippen LogP contribution < -0.4 is 15.4 Å². The van der Waals surface area contributed by atoms with Gasteiger partial charge in [-0.2, -0.15) is 0 Å². The van der Waals surface area contributed by atoms with E-state index < -0.39 is 46.8 Å². The van der Waals surface area contributed by atoms with Gasteiger partial charge in [-0.15, -0.1) is 5.10 Å². The molecule has 0 radical (unpaired) electrons. The topological polar surface area (TPSA) is 128 Å². The van der Waals surface area contributed by atoms with Gasteiger partial charge >= 0.3 is 23.8 Å². The summed E-state index contributed by atoms with van der Waals surface area (Å²) in [4.78, 5) is 27.9. The van der Waals surface area contributed by atoms with Crippen molar-refractivity contribution in [1.29, 1.82) is 0 Å². The fourth-order valence-electron chi connectivity index (χ4n) is 3.60. The second-order valence-electron chi connectivity index (χ2n) is 7.85. The Morgan fingerprint density at radius 1 is 0.944 bits per heavy atom. The van der Waals surface area contributed by atoms with Crippen LogP contribution in [0, 0.1) is 29.2 Å². The minimum atomic E-state index is -1.39. The van der Waals surface area contributed by atoms with E-state index in [9.17, 15) is 27.2 Å². The molecule has 190 valence electrons. The van der Waals surface area contributed by atoms with Gasteiger partial charge in [-0.25, -0.2) is 22.5 Å². The first kappa shape index (κ1) is 24.9. The van der Waals surface area contributed by atoms with Crippen LogP contribution in [0.4, 0.5) is 35.0 Å². The zero-order chi connectivity index (χ0) is 25.8. The average molecular weight is 509 g/mol. The summed E-state index contributed by atoms with van der Waals surface area (Å²) in [5, 5.41) is 11.3. The Morgan fingerprint density at radius 2 is 1.64 bits per heavy atom. The maximum absolute atomic E-state index is 14.5. The van der Waals surface area contributed by atoms with E-state index in [1.54, 1.807) is 0 Å². The third kappa shape index (κ3) is 5.70. The molecular formula is C22H19F4N5O5. The van der Waals surface area contributed by atoms with E-state index in [4.69, 9.17) is 13.9 Å². The van der Waals surface area contributed by atoms with Gasteiger partial charge in [-0.05, 0) is 25.7 Å². The van der Waals surface area contributed by atoms with Gasteiger partial charge in [0, 0.05) is 18.2 Å². The molecule has 0 aliphatic heterocycles. The molecule has 2 heterocycles. The normalized spacial score (nSPS) is 17.4. The standard InChI is InChI=1S/C22H19F4N5O5/c1-34-21(33)10-2-4-11(5-3-10)35-18-8-15(26)17(9-27-18)28-19(32)20-30-31-22(36-20)29-16-7-13(24)12(23)6-14(16)25/h6-11H,2-5H2,1H3,(H,28,32)(H,29,31)/t10-,11-. The number of pyridine rings is 1. The third-order valence-electron chi connectivity index (χ3n) is 5.44. The number of esters is 1. The molecule has 0 spiro atoms. The Bertz CT molecular complexity index is 1280. The van der Waals surface area contributed by atoms with Gasteiger partial charge in [0.15, 0.2) is 17.5 Å². The van der Waals surface area contributed by atoms with Crippen molar-refractivity contribution < 1.29 is 41.0 Å². The molecule has 1 amide bonds. The van der Waals surface area contributed by atoms with E-state index in [-0.39, 0.29) is 29.6 Å². The van der Waals surface area contributed by atoms with Crippen molar-refractivity contribution >= 4 is 29.3 Å².